The first kappa shape index (κ1) is 18.2. The number of nitrogens with two attached hydrogens (primary N) is 1. The number of aromatic amines is 1. The molecule has 4 aromatic rings. The third kappa shape index (κ3) is 3.51. The van der Waals surface area contributed by atoms with Crippen molar-refractivity contribution in [1.82, 2.24) is 4.98 Å². The molecule has 1 heterocycles. The number of H-pyrrole nitrogens is 1. The van der Waals surface area contributed by atoms with E-state index in [4.69, 9.17) is 5.73 Å². The average Bonchev–Trinajstić information content (AvgIpc) is 3.13. The molecule has 0 atom stereocenters. The molecular formula is C23H17N3O3. The zero-order valence-electron chi connectivity index (χ0n) is 15.3. The predicted molar refractivity (Wildman–Crippen MR) is 112 cm³/mol. The van der Waals surface area contributed by atoms with E-state index in [0.29, 0.717) is 27.9 Å². The van der Waals surface area contributed by atoms with Gasteiger partial charge in [0.15, 0.2) is 0 Å². The highest BCUT2D eigenvalue weighted by atomic mass is 16.2. The lowest BCUT2D eigenvalue weighted by Crippen LogP contribution is -2.23. The molecule has 0 aliphatic carbocycles. The molecule has 4 rings (SSSR count). The van der Waals surface area contributed by atoms with Crippen LogP contribution in [-0.2, 0) is 4.79 Å². The molecule has 0 radical (unpaired) electrons. The second-order valence-electron chi connectivity index (χ2n) is 6.51. The molecule has 3 aromatic carbocycles. The molecule has 4 N–H and O–H groups in total. The van der Waals surface area contributed by atoms with Crippen LogP contribution >= 0.6 is 0 Å². The maximum atomic E-state index is 13.1. The van der Waals surface area contributed by atoms with Crippen LogP contribution in [0.15, 0.2) is 78.9 Å². The molecule has 0 fully saturated rings. The largest absolute Gasteiger partial charge is 0.366 e. The van der Waals surface area contributed by atoms with Gasteiger partial charge in [0.25, 0.3) is 11.7 Å². The van der Waals surface area contributed by atoms with Crippen molar-refractivity contribution in [1.29, 1.82) is 0 Å². The topological polar surface area (TPSA) is 105 Å². The van der Waals surface area contributed by atoms with Crippen molar-refractivity contribution in [2.75, 3.05) is 5.32 Å². The van der Waals surface area contributed by atoms with Gasteiger partial charge in [-0.3, -0.25) is 14.4 Å². The quantitative estimate of drug-likeness (QED) is 0.361. The number of fused-ring (bicyclic) bond motifs is 1. The van der Waals surface area contributed by atoms with Gasteiger partial charge >= 0.3 is 0 Å². The summed E-state index contributed by atoms with van der Waals surface area (Å²) in [5.74, 6) is -1.98. The number of para-hydroxylation sites is 1. The number of carbonyl (C=O) groups is 3. The van der Waals surface area contributed by atoms with Crippen LogP contribution < -0.4 is 11.1 Å². The Hall–Kier alpha value is -4.19. The highest BCUT2D eigenvalue weighted by Gasteiger charge is 2.25. The number of ketones is 1. The number of benzene rings is 3. The summed E-state index contributed by atoms with van der Waals surface area (Å²) in [6.07, 6.45) is 0. The molecule has 6 nitrogen and oxygen atoms in total. The van der Waals surface area contributed by atoms with Crippen LogP contribution in [0.25, 0.3) is 22.2 Å². The Bertz CT molecular complexity index is 1230. The minimum absolute atomic E-state index is 0.317. The van der Waals surface area contributed by atoms with Crippen molar-refractivity contribution in [2.24, 2.45) is 5.73 Å². The zero-order valence-corrected chi connectivity index (χ0v) is 15.3. The van der Waals surface area contributed by atoms with Gasteiger partial charge in [0.2, 0.25) is 5.91 Å². The molecule has 0 spiro atoms. The summed E-state index contributed by atoms with van der Waals surface area (Å²) in [6, 6.07) is 22.8. The van der Waals surface area contributed by atoms with Gasteiger partial charge in [0, 0.05) is 22.2 Å². The first-order chi connectivity index (χ1) is 14.0. The van der Waals surface area contributed by atoms with Crippen LogP contribution in [0.3, 0.4) is 0 Å². The van der Waals surface area contributed by atoms with Gasteiger partial charge in [0.1, 0.15) is 0 Å². The van der Waals surface area contributed by atoms with E-state index >= 15 is 0 Å². The van der Waals surface area contributed by atoms with E-state index in [-0.39, 0.29) is 0 Å². The second kappa shape index (κ2) is 7.44. The van der Waals surface area contributed by atoms with Crippen molar-refractivity contribution < 1.29 is 14.4 Å². The van der Waals surface area contributed by atoms with E-state index in [2.05, 4.69) is 10.3 Å². The summed E-state index contributed by atoms with van der Waals surface area (Å²) >= 11 is 0. The Balaban J connectivity index is 1.71. The van der Waals surface area contributed by atoms with Gasteiger partial charge in [-0.05, 0) is 35.9 Å². The number of aromatic nitrogens is 1. The Kier molecular flexibility index (Phi) is 4.66. The lowest BCUT2D eigenvalue weighted by molar-refractivity contribution is -0.112. The number of rotatable bonds is 5. The minimum atomic E-state index is -0.765. The van der Waals surface area contributed by atoms with Crippen molar-refractivity contribution in [3.63, 3.8) is 0 Å². The normalized spacial score (nSPS) is 10.6. The fourth-order valence-electron chi connectivity index (χ4n) is 3.22. The van der Waals surface area contributed by atoms with Crippen LogP contribution in [0.5, 0.6) is 0 Å². The van der Waals surface area contributed by atoms with Crippen LogP contribution in [0.4, 0.5) is 5.69 Å². The summed E-state index contributed by atoms with van der Waals surface area (Å²) in [6.45, 7) is 0. The van der Waals surface area contributed by atoms with Crippen molar-refractivity contribution >= 4 is 34.2 Å². The molecule has 0 unspecified atom stereocenters. The molecule has 142 valence electrons. The number of amides is 2. The lowest BCUT2D eigenvalue weighted by Gasteiger charge is -2.07. The summed E-state index contributed by atoms with van der Waals surface area (Å²) in [5.41, 5.74) is 8.43. The predicted octanol–water partition coefficient (Wildman–Crippen LogP) is 3.76. The van der Waals surface area contributed by atoms with E-state index in [1.807, 2.05) is 48.5 Å². The molecule has 0 bridgehead atoms. The minimum Gasteiger partial charge on any atom is -0.366 e. The van der Waals surface area contributed by atoms with Gasteiger partial charge < -0.3 is 16.0 Å². The third-order valence-corrected chi connectivity index (χ3v) is 4.63. The van der Waals surface area contributed by atoms with Crippen molar-refractivity contribution in [3.8, 4) is 11.3 Å². The number of nitrogens with one attached hydrogen (secondary N) is 2. The number of carbonyl (C=O) groups excluding carboxylic acids is 3. The highest BCUT2D eigenvalue weighted by Crippen LogP contribution is 2.31. The number of anilines is 1. The second-order valence-corrected chi connectivity index (χ2v) is 6.51. The maximum Gasteiger partial charge on any atom is 0.296 e. The standard InChI is InChI=1S/C23H17N3O3/c24-22(28)15-10-12-16(13-11-15)25-23(29)21(27)19-17-8-4-5-9-18(17)26-20(19)14-6-2-1-3-7-14/h1-13,26H,(H2,24,28)(H,25,29). The van der Waals surface area contributed by atoms with Gasteiger partial charge in [-0.15, -0.1) is 0 Å². The van der Waals surface area contributed by atoms with Crippen LogP contribution in [0, 0.1) is 0 Å². The molecule has 2 amide bonds. The van der Waals surface area contributed by atoms with Gasteiger partial charge in [-0.2, -0.15) is 0 Å². The summed E-state index contributed by atoms with van der Waals surface area (Å²) in [5, 5.41) is 3.26. The summed E-state index contributed by atoms with van der Waals surface area (Å²) < 4.78 is 0. The van der Waals surface area contributed by atoms with E-state index in [1.165, 1.54) is 24.3 Å². The number of hydrogen-bond acceptors (Lipinski definition) is 3. The fraction of sp³-hybridized carbons (Fsp3) is 0. The van der Waals surface area contributed by atoms with Crippen molar-refractivity contribution in [2.45, 2.75) is 0 Å². The first-order valence-corrected chi connectivity index (χ1v) is 8.96. The molecule has 6 heteroatoms. The van der Waals surface area contributed by atoms with Crippen LogP contribution in [0.1, 0.15) is 20.7 Å². The van der Waals surface area contributed by atoms with Crippen LogP contribution in [-0.4, -0.2) is 22.6 Å². The number of Topliss-reactive ketones (excluding diaryl/α,β-unsaturated/α-hetero) is 1. The smallest absolute Gasteiger partial charge is 0.296 e. The Morgan fingerprint density at radius 1 is 0.793 bits per heavy atom. The average molecular weight is 383 g/mol. The molecular weight excluding hydrogens is 366 g/mol. The monoisotopic (exact) mass is 383 g/mol. The summed E-state index contributed by atoms with van der Waals surface area (Å²) in [7, 11) is 0. The Morgan fingerprint density at radius 3 is 2.14 bits per heavy atom. The first-order valence-electron chi connectivity index (χ1n) is 8.96. The number of hydrogen-bond donors (Lipinski definition) is 3. The Labute approximate surface area is 166 Å². The van der Waals surface area contributed by atoms with Gasteiger partial charge in [0.05, 0.1) is 11.3 Å². The lowest BCUT2D eigenvalue weighted by atomic mass is 10.0. The van der Waals surface area contributed by atoms with Gasteiger partial charge in [-0.1, -0.05) is 48.5 Å². The molecule has 0 saturated heterocycles. The molecule has 0 saturated carbocycles. The molecule has 0 aliphatic heterocycles. The molecule has 1 aromatic heterocycles. The van der Waals surface area contributed by atoms with Gasteiger partial charge in [-0.25, -0.2) is 0 Å². The van der Waals surface area contributed by atoms with E-state index in [0.717, 1.165) is 11.1 Å². The van der Waals surface area contributed by atoms with E-state index in [9.17, 15) is 14.4 Å². The summed E-state index contributed by atoms with van der Waals surface area (Å²) in [4.78, 5) is 40.2. The Morgan fingerprint density at radius 2 is 1.45 bits per heavy atom. The fourth-order valence-corrected chi connectivity index (χ4v) is 3.22. The van der Waals surface area contributed by atoms with E-state index < -0.39 is 17.6 Å². The highest BCUT2D eigenvalue weighted by molar-refractivity contribution is 6.49. The van der Waals surface area contributed by atoms with Crippen molar-refractivity contribution in [3.05, 3.63) is 90.0 Å². The third-order valence-electron chi connectivity index (χ3n) is 4.63. The molecule has 29 heavy (non-hydrogen) atoms. The maximum absolute atomic E-state index is 13.1. The zero-order chi connectivity index (χ0) is 20.4. The number of primary amides is 1. The SMILES string of the molecule is NC(=O)c1ccc(NC(=O)C(=O)c2c(-c3ccccc3)[nH]c3ccccc23)cc1. The van der Waals surface area contributed by atoms with Crippen LogP contribution in [0.2, 0.25) is 0 Å². The van der Waals surface area contributed by atoms with E-state index in [1.54, 1.807) is 6.07 Å². The molecule has 0 aliphatic rings.